The lowest BCUT2D eigenvalue weighted by molar-refractivity contribution is 0.0747. The summed E-state index contributed by atoms with van der Waals surface area (Å²) in [6, 6.07) is 25.7. The zero-order valence-electron chi connectivity index (χ0n) is 17.9. The van der Waals surface area contributed by atoms with E-state index in [1.165, 1.54) is 11.3 Å². The number of para-hydroxylation sites is 1. The largest absolute Gasteiger partial charge is 0.416 e. The normalized spacial score (nSPS) is 13.9. The summed E-state index contributed by atoms with van der Waals surface area (Å²) in [5.74, 6) is 0.975. The molecular formula is C26H24N4O2. The molecule has 0 saturated carbocycles. The van der Waals surface area contributed by atoms with E-state index in [1.54, 1.807) is 0 Å². The van der Waals surface area contributed by atoms with Gasteiger partial charge in [0.2, 0.25) is 11.8 Å². The molecule has 0 aliphatic carbocycles. The average Bonchev–Trinajstić information content (AvgIpc) is 3.35. The minimum Gasteiger partial charge on any atom is -0.416 e. The second kappa shape index (κ2) is 8.67. The Morgan fingerprint density at radius 2 is 1.31 bits per heavy atom. The van der Waals surface area contributed by atoms with Gasteiger partial charge in [-0.25, -0.2) is 0 Å². The van der Waals surface area contributed by atoms with Crippen LogP contribution in [0.5, 0.6) is 0 Å². The lowest BCUT2D eigenvalue weighted by Crippen LogP contribution is -2.48. The first-order valence-corrected chi connectivity index (χ1v) is 10.8. The van der Waals surface area contributed by atoms with E-state index in [1.807, 2.05) is 78.6 Å². The highest BCUT2D eigenvalue weighted by Crippen LogP contribution is 2.25. The van der Waals surface area contributed by atoms with Crippen molar-refractivity contribution in [2.45, 2.75) is 6.92 Å². The molecule has 0 unspecified atom stereocenters. The van der Waals surface area contributed by atoms with Crippen LogP contribution in [0.3, 0.4) is 0 Å². The van der Waals surface area contributed by atoms with Crippen molar-refractivity contribution in [1.82, 2.24) is 15.1 Å². The van der Waals surface area contributed by atoms with E-state index in [-0.39, 0.29) is 5.91 Å². The highest BCUT2D eigenvalue weighted by atomic mass is 16.4. The van der Waals surface area contributed by atoms with Crippen LogP contribution in [0.25, 0.3) is 22.9 Å². The van der Waals surface area contributed by atoms with Crippen LogP contribution < -0.4 is 4.90 Å². The van der Waals surface area contributed by atoms with Crippen LogP contribution in [0.4, 0.5) is 5.69 Å². The summed E-state index contributed by atoms with van der Waals surface area (Å²) in [7, 11) is 0. The van der Waals surface area contributed by atoms with Crippen LogP contribution in [0.1, 0.15) is 15.9 Å². The van der Waals surface area contributed by atoms with Crippen LogP contribution in [0.15, 0.2) is 83.3 Å². The fraction of sp³-hybridized carbons (Fsp3) is 0.192. The Labute approximate surface area is 187 Å². The van der Waals surface area contributed by atoms with Crippen molar-refractivity contribution in [3.05, 3.63) is 90.0 Å². The number of benzene rings is 3. The molecule has 4 aromatic rings. The molecule has 160 valence electrons. The van der Waals surface area contributed by atoms with E-state index < -0.39 is 0 Å². The first-order chi connectivity index (χ1) is 15.7. The molecule has 0 radical (unpaired) electrons. The molecule has 0 N–H and O–H groups in total. The molecule has 3 aromatic carbocycles. The van der Waals surface area contributed by atoms with Crippen molar-refractivity contribution in [2.24, 2.45) is 0 Å². The Morgan fingerprint density at radius 1 is 0.750 bits per heavy atom. The predicted molar refractivity (Wildman–Crippen MR) is 124 cm³/mol. The maximum atomic E-state index is 13.0. The van der Waals surface area contributed by atoms with Gasteiger partial charge in [-0.2, -0.15) is 0 Å². The SMILES string of the molecule is Cc1ccc(-c2nnc(-c3ccc(C(=O)N4CCN(c5ccccc5)CC4)cc3)o2)cc1. The predicted octanol–water partition coefficient (Wildman–Crippen LogP) is 4.67. The Balaban J connectivity index is 1.24. The monoisotopic (exact) mass is 424 g/mol. The number of carbonyl (C=O) groups excluding carboxylic acids is 1. The van der Waals surface area contributed by atoms with Crippen molar-refractivity contribution in [1.29, 1.82) is 0 Å². The number of nitrogens with zero attached hydrogens (tertiary/aromatic N) is 4. The molecule has 0 bridgehead atoms. The summed E-state index contributed by atoms with van der Waals surface area (Å²) in [6.45, 7) is 5.11. The Hall–Kier alpha value is -3.93. The Morgan fingerprint density at radius 3 is 1.91 bits per heavy atom. The zero-order chi connectivity index (χ0) is 21.9. The van der Waals surface area contributed by atoms with E-state index in [0.717, 1.165) is 24.2 Å². The highest BCUT2D eigenvalue weighted by Gasteiger charge is 2.22. The lowest BCUT2D eigenvalue weighted by Gasteiger charge is -2.36. The fourth-order valence-electron chi connectivity index (χ4n) is 3.90. The second-order valence-electron chi connectivity index (χ2n) is 7.97. The first-order valence-electron chi connectivity index (χ1n) is 10.8. The number of hydrogen-bond donors (Lipinski definition) is 0. The topological polar surface area (TPSA) is 62.5 Å². The van der Waals surface area contributed by atoms with Gasteiger partial charge in [0.25, 0.3) is 5.91 Å². The maximum Gasteiger partial charge on any atom is 0.253 e. The second-order valence-corrected chi connectivity index (χ2v) is 7.97. The number of aromatic nitrogens is 2. The van der Waals surface area contributed by atoms with Crippen molar-refractivity contribution in [3.8, 4) is 22.9 Å². The summed E-state index contributed by atoms with van der Waals surface area (Å²) >= 11 is 0. The van der Waals surface area contributed by atoms with Crippen LogP contribution in [0.2, 0.25) is 0 Å². The Kier molecular flexibility index (Phi) is 5.42. The lowest BCUT2D eigenvalue weighted by atomic mass is 10.1. The van der Waals surface area contributed by atoms with Crippen LogP contribution >= 0.6 is 0 Å². The van der Waals surface area contributed by atoms with E-state index in [9.17, 15) is 4.79 Å². The van der Waals surface area contributed by atoms with Gasteiger partial charge in [0.05, 0.1) is 0 Å². The van der Waals surface area contributed by atoms with E-state index >= 15 is 0 Å². The molecule has 2 heterocycles. The number of anilines is 1. The van der Waals surface area contributed by atoms with Crippen molar-refractivity contribution in [3.63, 3.8) is 0 Å². The number of carbonyl (C=O) groups is 1. The molecule has 0 spiro atoms. The van der Waals surface area contributed by atoms with E-state index in [2.05, 4.69) is 27.2 Å². The molecule has 1 aliphatic heterocycles. The standard InChI is InChI=1S/C26H24N4O2/c1-19-7-9-20(10-8-19)24-27-28-25(32-24)21-11-13-22(14-12-21)26(31)30-17-15-29(16-18-30)23-5-3-2-4-6-23/h2-14H,15-18H2,1H3. The highest BCUT2D eigenvalue weighted by molar-refractivity contribution is 5.94. The van der Waals surface area contributed by atoms with Crippen molar-refractivity contribution < 1.29 is 9.21 Å². The summed E-state index contributed by atoms with van der Waals surface area (Å²) in [5, 5.41) is 8.33. The molecule has 32 heavy (non-hydrogen) atoms. The van der Waals surface area contributed by atoms with Crippen LogP contribution in [-0.2, 0) is 0 Å². The van der Waals surface area contributed by atoms with Gasteiger partial charge in [0, 0.05) is 48.6 Å². The smallest absolute Gasteiger partial charge is 0.253 e. The average molecular weight is 425 g/mol. The van der Waals surface area contributed by atoms with Crippen LogP contribution in [0, 0.1) is 6.92 Å². The number of hydrogen-bond acceptors (Lipinski definition) is 5. The molecule has 0 atom stereocenters. The van der Waals surface area contributed by atoms with Crippen molar-refractivity contribution >= 4 is 11.6 Å². The summed E-state index contributed by atoms with van der Waals surface area (Å²) < 4.78 is 5.84. The van der Waals surface area contributed by atoms with Gasteiger partial charge in [0.1, 0.15) is 0 Å². The molecule has 6 nitrogen and oxygen atoms in total. The van der Waals surface area contributed by atoms with Gasteiger partial charge >= 0.3 is 0 Å². The van der Waals surface area contributed by atoms with Gasteiger partial charge in [0.15, 0.2) is 0 Å². The Bertz CT molecular complexity index is 1190. The minimum absolute atomic E-state index is 0.0511. The quantitative estimate of drug-likeness (QED) is 0.476. The minimum atomic E-state index is 0.0511. The number of aryl methyl sites for hydroxylation is 1. The molecule has 1 saturated heterocycles. The maximum absolute atomic E-state index is 13.0. The van der Waals surface area contributed by atoms with Gasteiger partial charge in [-0.05, 0) is 55.5 Å². The van der Waals surface area contributed by atoms with Gasteiger partial charge in [-0.15, -0.1) is 10.2 Å². The molecule has 6 heteroatoms. The third-order valence-electron chi connectivity index (χ3n) is 5.79. The van der Waals surface area contributed by atoms with E-state index in [0.29, 0.717) is 30.4 Å². The molecule has 1 aliphatic rings. The third kappa shape index (κ3) is 4.12. The number of piperazine rings is 1. The van der Waals surface area contributed by atoms with Gasteiger partial charge in [-0.3, -0.25) is 4.79 Å². The molecule has 1 fully saturated rings. The molecular weight excluding hydrogens is 400 g/mol. The molecule has 5 rings (SSSR count). The summed E-state index contributed by atoms with van der Waals surface area (Å²) in [4.78, 5) is 17.2. The summed E-state index contributed by atoms with van der Waals surface area (Å²) in [5.41, 5.74) is 4.72. The van der Waals surface area contributed by atoms with Gasteiger partial charge < -0.3 is 14.2 Å². The molecule has 1 amide bonds. The number of rotatable bonds is 4. The van der Waals surface area contributed by atoms with Crippen molar-refractivity contribution in [2.75, 3.05) is 31.1 Å². The first kappa shape index (κ1) is 20.0. The summed E-state index contributed by atoms with van der Waals surface area (Å²) in [6.07, 6.45) is 0. The van der Waals surface area contributed by atoms with Crippen LogP contribution in [-0.4, -0.2) is 47.2 Å². The fourth-order valence-corrected chi connectivity index (χ4v) is 3.90. The van der Waals surface area contributed by atoms with E-state index in [4.69, 9.17) is 4.42 Å². The molecule has 1 aromatic heterocycles. The number of amides is 1. The zero-order valence-corrected chi connectivity index (χ0v) is 17.9. The van der Waals surface area contributed by atoms with Gasteiger partial charge in [-0.1, -0.05) is 35.9 Å². The third-order valence-corrected chi connectivity index (χ3v) is 5.79.